The molecule has 23 heavy (non-hydrogen) atoms. The van der Waals surface area contributed by atoms with Crippen LogP contribution < -0.4 is 10.6 Å². The average molecular weight is 331 g/mol. The molecule has 0 unspecified atom stereocenters. The van der Waals surface area contributed by atoms with Gasteiger partial charge >= 0.3 is 0 Å². The molecule has 4 nitrogen and oxygen atoms in total. The van der Waals surface area contributed by atoms with Crippen molar-refractivity contribution in [2.45, 2.75) is 19.8 Å². The first-order valence-electron chi connectivity index (χ1n) is 7.94. The summed E-state index contributed by atoms with van der Waals surface area (Å²) in [5, 5.41) is 7.39. The molecule has 0 spiro atoms. The van der Waals surface area contributed by atoms with Crippen molar-refractivity contribution >= 4 is 17.6 Å². The Morgan fingerprint density at radius 1 is 1.09 bits per heavy atom. The summed E-state index contributed by atoms with van der Waals surface area (Å²) in [6.07, 6.45) is 3.59. The van der Waals surface area contributed by atoms with Gasteiger partial charge in [-0.15, -0.1) is 0 Å². The van der Waals surface area contributed by atoms with Crippen LogP contribution in [0.1, 0.15) is 18.2 Å². The van der Waals surface area contributed by atoms with Crippen molar-refractivity contribution in [1.82, 2.24) is 15.6 Å². The third-order valence-corrected chi connectivity index (χ3v) is 3.58. The van der Waals surface area contributed by atoms with Crippen molar-refractivity contribution < 1.29 is 0 Å². The molecular formula is C18H23ClN4. The Bertz CT molecular complexity index is 596. The Balaban J connectivity index is 1.78. The second-order valence-electron chi connectivity index (χ2n) is 5.13. The van der Waals surface area contributed by atoms with Crippen LogP contribution in [0.2, 0.25) is 5.02 Å². The first-order chi connectivity index (χ1) is 11.3. The molecule has 2 aromatic rings. The summed E-state index contributed by atoms with van der Waals surface area (Å²) >= 11 is 5.90. The number of hydrogen-bond donors (Lipinski definition) is 2. The first-order valence-corrected chi connectivity index (χ1v) is 8.32. The number of aromatic nitrogens is 1. The molecular weight excluding hydrogens is 308 g/mol. The fourth-order valence-electron chi connectivity index (χ4n) is 2.15. The van der Waals surface area contributed by atoms with E-state index in [0.29, 0.717) is 6.54 Å². The average Bonchev–Trinajstić information content (AvgIpc) is 2.58. The molecule has 0 fully saturated rings. The number of aliphatic imine (C=N–C) groups is 1. The highest BCUT2D eigenvalue weighted by molar-refractivity contribution is 6.30. The van der Waals surface area contributed by atoms with E-state index in [2.05, 4.69) is 39.7 Å². The molecule has 0 radical (unpaired) electrons. The highest BCUT2D eigenvalue weighted by atomic mass is 35.5. The molecule has 0 aliphatic carbocycles. The summed E-state index contributed by atoms with van der Waals surface area (Å²) in [6.45, 7) is 4.45. The van der Waals surface area contributed by atoms with E-state index in [9.17, 15) is 0 Å². The van der Waals surface area contributed by atoms with E-state index in [0.717, 1.165) is 42.6 Å². The lowest BCUT2D eigenvalue weighted by molar-refractivity contribution is 0.794. The second-order valence-corrected chi connectivity index (χ2v) is 5.57. The van der Waals surface area contributed by atoms with Gasteiger partial charge in [0.2, 0.25) is 0 Å². The van der Waals surface area contributed by atoms with E-state index in [1.807, 2.05) is 36.5 Å². The maximum Gasteiger partial charge on any atom is 0.191 e. The molecule has 2 N–H and O–H groups in total. The summed E-state index contributed by atoms with van der Waals surface area (Å²) in [4.78, 5) is 8.90. The van der Waals surface area contributed by atoms with Gasteiger partial charge in [-0.05, 0) is 43.2 Å². The predicted molar refractivity (Wildman–Crippen MR) is 97.1 cm³/mol. The third-order valence-electron chi connectivity index (χ3n) is 3.33. The molecule has 2 rings (SSSR count). The highest BCUT2D eigenvalue weighted by Crippen LogP contribution is 2.09. The van der Waals surface area contributed by atoms with E-state index < -0.39 is 0 Å². The Labute approximate surface area is 143 Å². The van der Waals surface area contributed by atoms with E-state index in [-0.39, 0.29) is 0 Å². The van der Waals surface area contributed by atoms with Crippen LogP contribution in [0, 0.1) is 0 Å². The molecule has 1 heterocycles. The van der Waals surface area contributed by atoms with Crippen molar-refractivity contribution in [3.05, 3.63) is 64.9 Å². The van der Waals surface area contributed by atoms with Gasteiger partial charge in [-0.2, -0.15) is 0 Å². The number of hydrogen-bond acceptors (Lipinski definition) is 2. The molecule has 122 valence electrons. The van der Waals surface area contributed by atoms with Crippen LogP contribution in [0.15, 0.2) is 53.7 Å². The standard InChI is InChI=1S/C18H23ClN4/c1-2-20-18(23-14-11-17-5-3-4-12-21-17)22-13-10-15-6-8-16(19)9-7-15/h3-9,12H,2,10-11,13-14H2,1H3,(H2,20,22,23). The molecule has 5 heteroatoms. The van der Waals surface area contributed by atoms with Gasteiger partial charge in [0.15, 0.2) is 5.96 Å². The van der Waals surface area contributed by atoms with Gasteiger partial charge in [-0.25, -0.2) is 0 Å². The van der Waals surface area contributed by atoms with Crippen LogP contribution in [0.25, 0.3) is 0 Å². The van der Waals surface area contributed by atoms with Crippen molar-refractivity contribution in [2.75, 3.05) is 19.6 Å². The Hall–Kier alpha value is -2.07. The van der Waals surface area contributed by atoms with Crippen LogP contribution in [-0.4, -0.2) is 30.6 Å². The van der Waals surface area contributed by atoms with Gasteiger partial charge in [0.25, 0.3) is 0 Å². The summed E-state index contributed by atoms with van der Waals surface area (Å²) in [7, 11) is 0. The number of pyridine rings is 1. The van der Waals surface area contributed by atoms with Gasteiger partial charge in [0.05, 0.1) is 0 Å². The largest absolute Gasteiger partial charge is 0.357 e. The Kier molecular flexibility index (Phi) is 7.40. The molecule has 1 aromatic carbocycles. The van der Waals surface area contributed by atoms with Gasteiger partial charge in [-0.1, -0.05) is 29.8 Å². The minimum atomic E-state index is 0.716. The zero-order valence-electron chi connectivity index (χ0n) is 13.4. The maximum atomic E-state index is 5.90. The van der Waals surface area contributed by atoms with Gasteiger partial charge in [0, 0.05) is 43.0 Å². The van der Waals surface area contributed by atoms with Crippen molar-refractivity contribution in [2.24, 2.45) is 4.99 Å². The lowest BCUT2D eigenvalue weighted by Crippen LogP contribution is -2.38. The Morgan fingerprint density at radius 2 is 1.91 bits per heavy atom. The SMILES string of the molecule is CCNC(=NCCc1ccccn1)NCCc1ccc(Cl)cc1. The molecule has 0 aliphatic rings. The summed E-state index contributed by atoms with van der Waals surface area (Å²) in [6, 6.07) is 13.9. The topological polar surface area (TPSA) is 49.3 Å². The Morgan fingerprint density at radius 3 is 2.61 bits per heavy atom. The van der Waals surface area contributed by atoms with E-state index in [4.69, 9.17) is 11.6 Å². The highest BCUT2D eigenvalue weighted by Gasteiger charge is 1.99. The van der Waals surface area contributed by atoms with E-state index in [1.165, 1.54) is 5.56 Å². The minimum Gasteiger partial charge on any atom is -0.357 e. The van der Waals surface area contributed by atoms with Gasteiger partial charge in [-0.3, -0.25) is 9.98 Å². The number of guanidine groups is 1. The number of rotatable bonds is 7. The summed E-state index contributed by atoms with van der Waals surface area (Å²) in [5.74, 6) is 0.845. The minimum absolute atomic E-state index is 0.716. The zero-order chi connectivity index (χ0) is 16.3. The van der Waals surface area contributed by atoms with Crippen molar-refractivity contribution in [1.29, 1.82) is 0 Å². The summed E-state index contributed by atoms with van der Waals surface area (Å²) < 4.78 is 0. The first kappa shape index (κ1) is 17.3. The van der Waals surface area contributed by atoms with Gasteiger partial charge < -0.3 is 10.6 Å². The monoisotopic (exact) mass is 330 g/mol. The maximum absolute atomic E-state index is 5.90. The third kappa shape index (κ3) is 6.70. The van der Waals surface area contributed by atoms with Crippen LogP contribution in [0.3, 0.4) is 0 Å². The smallest absolute Gasteiger partial charge is 0.191 e. The molecule has 0 amide bonds. The molecule has 1 aromatic heterocycles. The second kappa shape index (κ2) is 9.85. The molecule has 0 saturated carbocycles. The molecule has 0 aliphatic heterocycles. The molecule has 0 saturated heterocycles. The molecule has 0 bridgehead atoms. The number of nitrogens with one attached hydrogen (secondary N) is 2. The fourth-order valence-corrected chi connectivity index (χ4v) is 2.27. The quantitative estimate of drug-likeness (QED) is 0.606. The van der Waals surface area contributed by atoms with Crippen LogP contribution in [0.5, 0.6) is 0 Å². The fraction of sp³-hybridized carbons (Fsp3) is 0.333. The normalized spacial score (nSPS) is 11.3. The lowest BCUT2D eigenvalue weighted by atomic mass is 10.1. The van der Waals surface area contributed by atoms with Crippen molar-refractivity contribution in [3.8, 4) is 0 Å². The van der Waals surface area contributed by atoms with Crippen LogP contribution in [-0.2, 0) is 12.8 Å². The van der Waals surface area contributed by atoms with E-state index in [1.54, 1.807) is 0 Å². The number of nitrogens with zero attached hydrogens (tertiary/aromatic N) is 2. The predicted octanol–water partition coefficient (Wildman–Crippen LogP) is 3.08. The lowest BCUT2D eigenvalue weighted by Gasteiger charge is -2.11. The number of benzene rings is 1. The number of halogens is 1. The molecule has 0 atom stereocenters. The summed E-state index contributed by atoms with van der Waals surface area (Å²) in [5.41, 5.74) is 2.32. The van der Waals surface area contributed by atoms with Crippen LogP contribution >= 0.6 is 11.6 Å². The van der Waals surface area contributed by atoms with E-state index >= 15 is 0 Å². The van der Waals surface area contributed by atoms with Crippen LogP contribution in [0.4, 0.5) is 0 Å². The zero-order valence-corrected chi connectivity index (χ0v) is 14.2. The van der Waals surface area contributed by atoms with Crippen molar-refractivity contribution in [3.63, 3.8) is 0 Å². The van der Waals surface area contributed by atoms with Gasteiger partial charge in [0.1, 0.15) is 0 Å².